The molecule has 114 valence electrons. The Hall–Kier alpha value is -1.92. The van der Waals surface area contributed by atoms with Crippen molar-refractivity contribution in [1.82, 2.24) is 10.2 Å². The van der Waals surface area contributed by atoms with Gasteiger partial charge in [0.25, 0.3) is 5.91 Å². The van der Waals surface area contributed by atoms with Crippen molar-refractivity contribution in [3.05, 3.63) is 35.4 Å². The van der Waals surface area contributed by atoms with Gasteiger partial charge in [-0.1, -0.05) is 0 Å². The highest BCUT2D eigenvalue weighted by Crippen LogP contribution is 2.05. The van der Waals surface area contributed by atoms with Crippen LogP contribution in [-0.4, -0.2) is 60.8 Å². The zero-order valence-electron chi connectivity index (χ0n) is 12.0. The number of carboxylic acid groups (broad SMARTS) is 1. The van der Waals surface area contributed by atoms with E-state index in [4.69, 9.17) is 9.84 Å². The fourth-order valence-corrected chi connectivity index (χ4v) is 2.29. The maximum Gasteiger partial charge on any atom is 0.335 e. The van der Waals surface area contributed by atoms with E-state index >= 15 is 0 Å². The van der Waals surface area contributed by atoms with Gasteiger partial charge in [-0.05, 0) is 31.2 Å². The third-order valence-electron chi connectivity index (χ3n) is 3.41. The lowest BCUT2D eigenvalue weighted by molar-refractivity contribution is 0.0342. The Morgan fingerprint density at radius 2 is 1.81 bits per heavy atom. The fourth-order valence-electron chi connectivity index (χ4n) is 2.29. The Kier molecular flexibility index (Phi) is 5.30. The minimum Gasteiger partial charge on any atom is -0.478 e. The van der Waals surface area contributed by atoms with Crippen LogP contribution in [-0.2, 0) is 4.74 Å². The molecule has 0 bridgehead atoms. The third-order valence-corrected chi connectivity index (χ3v) is 3.41. The first-order chi connectivity index (χ1) is 10.1. The van der Waals surface area contributed by atoms with Crippen molar-refractivity contribution in [2.45, 2.75) is 13.0 Å². The number of hydrogen-bond acceptors (Lipinski definition) is 4. The Labute approximate surface area is 123 Å². The quantitative estimate of drug-likeness (QED) is 0.840. The average molecular weight is 292 g/mol. The molecule has 0 saturated carbocycles. The summed E-state index contributed by atoms with van der Waals surface area (Å²) >= 11 is 0. The maximum atomic E-state index is 12.1. The largest absolute Gasteiger partial charge is 0.478 e. The van der Waals surface area contributed by atoms with Crippen LogP contribution in [0.5, 0.6) is 0 Å². The summed E-state index contributed by atoms with van der Waals surface area (Å²) in [5, 5.41) is 11.7. The zero-order chi connectivity index (χ0) is 15.2. The predicted octanol–water partition coefficient (Wildman–Crippen LogP) is 0.835. The molecular formula is C15H20N2O4. The first kappa shape index (κ1) is 15.5. The fraction of sp³-hybridized carbons (Fsp3) is 0.467. The molecule has 1 unspecified atom stereocenters. The number of carbonyl (C=O) groups is 2. The minimum absolute atomic E-state index is 0.0229. The summed E-state index contributed by atoms with van der Waals surface area (Å²) in [7, 11) is 0. The third kappa shape index (κ3) is 4.54. The smallest absolute Gasteiger partial charge is 0.335 e. The number of nitrogens with one attached hydrogen (secondary N) is 1. The van der Waals surface area contributed by atoms with Crippen molar-refractivity contribution >= 4 is 11.9 Å². The van der Waals surface area contributed by atoms with Crippen molar-refractivity contribution in [2.24, 2.45) is 0 Å². The summed E-state index contributed by atoms with van der Waals surface area (Å²) in [5.74, 6) is -1.18. The number of nitrogens with zero attached hydrogens (tertiary/aromatic N) is 1. The summed E-state index contributed by atoms with van der Waals surface area (Å²) in [4.78, 5) is 25.1. The molecule has 6 nitrogen and oxygen atoms in total. The van der Waals surface area contributed by atoms with E-state index in [0.717, 1.165) is 32.8 Å². The number of benzene rings is 1. The van der Waals surface area contributed by atoms with Crippen LogP contribution < -0.4 is 5.32 Å². The van der Waals surface area contributed by atoms with E-state index in [1.165, 1.54) is 24.3 Å². The molecule has 2 rings (SSSR count). The van der Waals surface area contributed by atoms with Crippen LogP contribution >= 0.6 is 0 Å². The summed E-state index contributed by atoms with van der Waals surface area (Å²) in [6.45, 7) is 5.97. The molecule has 1 fully saturated rings. The Bertz CT molecular complexity index is 495. The molecule has 1 aliphatic rings. The molecule has 1 aromatic rings. The van der Waals surface area contributed by atoms with Crippen molar-refractivity contribution in [2.75, 3.05) is 32.8 Å². The van der Waals surface area contributed by atoms with E-state index in [1.807, 2.05) is 6.92 Å². The van der Waals surface area contributed by atoms with Gasteiger partial charge in [-0.2, -0.15) is 0 Å². The van der Waals surface area contributed by atoms with Gasteiger partial charge in [0.2, 0.25) is 0 Å². The Morgan fingerprint density at radius 1 is 1.24 bits per heavy atom. The van der Waals surface area contributed by atoms with E-state index in [9.17, 15) is 9.59 Å². The summed E-state index contributed by atoms with van der Waals surface area (Å²) < 4.78 is 5.29. The van der Waals surface area contributed by atoms with Crippen LogP contribution in [0, 0.1) is 0 Å². The number of carbonyl (C=O) groups excluding carboxylic acids is 1. The van der Waals surface area contributed by atoms with E-state index < -0.39 is 5.97 Å². The van der Waals surface area contributed by atoms with Gasteiger partial charge in [-0.25, -0.2) is 4.79 Å². The molecule has 1 heterocycles. The van der Waals surface area contributed by atoms with Crippen LogP contribution in [0.1, 0.15) is 27.6 Å². The zero-order valence-corrected chi connectivity index (χ0v) is 12.0. The number of morpholine rings is 1. The maximum absolute atomic E-state index is 12.1. The van der Waals surface area contributed by atoms with Crippen LogP contribution in [0.3, 0.4) is 0 Å². The van der Waals surface area contributed by atoms with Gasteiger partial charge in [0, 0.05) is 31.2 Å². The first-order valence-electron chi connectivity index (χ1n) is 7.00. The summed E-state index contributed by atoms with van der Waals surface area (Å²) in [6.07, 6.45) is 0. The molecule has 1 aliphatic heterocycles. The lowest BCUT2D eigenvalue weighted by Crippen LogP contribution is -2.46. The average Bonchev–Trinajstić information content (AvgIpc) is 2.48. The monoisotopic (exact) mass is 292 g/mol. The molecule has 1 atom stereocenters. The van der Waals surface area contributed by atoms with Gasteiger partial charge >= 0.3 is 5.97 Å². The number of amides is 1. The molecule has 2 N–H and O–H groups in total. The second-order valence-corrected chi connectivity index (χ2v) is 5.17. The van der Waals surface area contributed by atoms with Crippen LogP contribution in [0.4, 0.5) is 0 Å². The predicted molar refractivity (Wildman–Crippen MR) is 77.6 cm³/mol. The number of ether oxygens (including phenoxy) is 1. The van der Waals surface area contributed by atoms with Gasteiger partial charge in [0.1, 0.15) is 0 Å². The number of hydrogen-bond donors (Lipinski definition) is 2. The first-order valence-corrected chi connectivity index (χ1v) is 7.00. The summed E-state index contributed by atoms with van der Waals surface area (Å²) in [6, 6.07) is 5.95. The molecule has 6 heteroatoms. The topological polar surface area (TPSA) is 78.9 Å². The highest BCUT2D eigenvalue weighted by atomic mass is 16.5. The molecule has 1 saturated heterocycles. The van der Waals surface area contributed by atoms with Crippen molar-refractivity contribution in [1.29, 1.82) is 0 Å². The molecule has 0 aromatic heterocycles. The van der Waals surface area contributed by atoms with Crippen LogP contribution in [0.2, 0.25) is 0 Å². The van der Waals surface area contributed by atoms with Crippen molar-refractivity contribution in [3.8, 4) is 0 Å². The highest BCUT2D eigenvalue weighted by molar-refractivity contribution is 5.96. The normalized spacial score (nSPS) is 17.2. The molecule has 0 aliphatic carbocycles. The van der Waals surface area contributed by atoms with Crippen LogP contribution in [0.15, 0.2) is 24.3 Å². The second-order valence-electron chi connectivity index (χ2n) is 5.17. The SMILES string of the molecule is CC(CN1CCOCC1)NC(=O)c1ccc(C(=O)O)cc1. The van der Waals surface area contributed by atoms with Gasteiger partial charge in [0.05, 0.1) is 18.8 Å². The van der Waals surface area contributed by atoms with Crippen molar-refractivity contribution in [3.63, 3.8) is 0 Å². The van der Waals surface area contributed by atoms with E-state index in [0.29, 0.717) is 5.56 Å². The second kappa shape index (κ2) is 7.19. The lowest BCUT2D eigenvalue weighted by Gasteiger charge is -2.29. The Morgan fingerprint density at radius 3 is 2.38 bits per heavy atom. The number of rotatable bonds is 5. The molecule has 0 spiro atoms. The summed E-state index contributed by atoms with van der Waals surface area (Å²) in [5.41, 5.74) is 0.641. The molecule has 1 aromatic carbocycles. The van der Waals surface area contributed by atoms with Crippen LogP contribution in [0.25, 0.3) is 0 Å². The highest BCUT2D eigenvalue weighted by Gasteiger charge is 2.16. The minimum atomic E-state index is -0.998. The molecule has 0 radical (unpaired) electrons. The standard InChI is InChI=1S/C15H20N2O4/c1-11(10-17-6-8-21-9-7-17)16-14(18)12-2-4-13(5-3-12)15(19)20/h2-5,11H,6-10H2,1H3,(H,16,18)(H,19,20). The van der Waals surface area contributed by atoms with Crippen molar-refractivity contribution < 1.29 is 19.4 Å². The van der Waals surface area contributed by atoms with E-state index in [-0.39, 0.29) is 17.5 Å². The number of aromatic carboxylic acids is 1. The molecule has 1 amide bonds. The molecular weight excluding hydrogens is 272 g/mol. The number of carboxylic acids is 1. The van der Waals surface area contributed by atoms with Gasteiger partial charge in [0.15, 0.2) is 0 Å². The van der Waals surface area contributed by atoms with Gasteiger partial charge < -0.3 is 15.2 Å². The van der Waals surface area contributed by atoms with Gasteiger partial charge in [-0.15, -0.1) is 0 Å². The Balaban J connectivity index is 1.86. The van der Waals surface area contributed by atoms with Gasteiger partial charge in [-0.3, -0.25) is 9.69 Å². The van der Waals surface area contributed by atoms with E-state index in [2.05, 4.69) is 10.2 Å². The molecule has 21 heavy (non-hydrogen) atoms. The van der Waals surface area contributed by atoms with E-state index in [1.54, 1.807) is 0 Å². The lowest BCUT2D eigenvalue weighted by atomic mass is 10.1.